The van der Waals surface area contributed by atoms with Gasteiger partial charge in [-0.3, -0.25) is 9.59 Å². The zero-order chi connectivity index (χ0) is 19.5. The molecule has 7 nitrogen and oxygen atoms in total. The van der Waals surface area contributed by atoms with E-state index >= 15 is 0 Å². The van der Waals surface area contributed by atoms with Gasteiger partial charge in [0.2, 0.25) is 0 Å². The Morgan fingerprint density at radius 1 is 1.39 bits per heavy atom. The number of hydrogen-bond acceptors (Lipinski definition) is 4. The number of rotatable bonds is 3. The third-order valence-corrected chi connectivity index (χ3v) is 6.48. The fourth-order valence-electron chi connectivity index (χ4n) is 4.24. The molecule has 3 aromatic heterocycles. The molecule has 1 unspecified atom stereocenters. The minimum Gasteiger partial charge on any atom is -0.355 e. The molecule has 0 bridgehead atoms. The highest BCUT2D eigenvalue weighted by atomic mass is 32.1. The molecule has 1 fully saturated rings. The van der Waals surface area contributed by atoms with Crippen molar-refractivity contribution >= 4 is 23.2 Å². The Balaban J connectivity index is 1.33. The van der Waals surface area contributed by atoms with E-state index in [1.54, 1.807) is 11.1 Å². The van der Waals surface area contributed by atoms with Crippen molar-refractivity contribution in [1.29, 1.82) is 0 Å². The molecule has 2 aliphatic heterocycles. The van der Waals surface area contributed by atoms with Crippen LogP contribution in [-0.4, -0.2) is 44.3 Å². The molecule has 0 aromatic carbocycles. The molecule has 5 rings (SSSR count). The van der Waals surface area contributed by atoms with E-state index in [1.165, 1.54) is 23.6 Å². The van der Waals surface area contributed by atoms with E-state index in [9.17, 15) is 14.0 Å². The number of H-pyrrole nitrogens is 1. The average molecular weight is 399 g/mol. The third-order valence-electron chi connectivity index (χ3n) is 5.62. The summed E-state index contributed by atoms with van der Waals surface area (Å²) in [4.78, 5) is 33.9. The Kier molecular flexibility index (Phi) is 3.70. The van der Waals surface area contributed by atoms with Gasteiger partial charge in [0.05, 0.1) is 17.1 Å². The van der Waals surface area contributed by atoms with Gasteiger partial charge < -0.3 is 19.8 Å². The summed E-state index contributed by atoms with van der Waals surface area (Å²) in [7, 11) is 0. The number of nitrogens with zero attached hydrogens (tertiary/aromatic N) is 3. The van der Waals surface area contributed by atoms with Gasteiger partial charge in [0, 0.05) is 49.5 Å². The molecule has 5 heterocycles. The first-order valence-electron chi connectivity index (χ1n) is 8.97. The predicted octanol–water partition coefficient (Wildman–Crippen LogP) is 2.45. The molecule has 2 N–H and O–H groups in total. The quantitative estimate of drug-likeness (QED) is 0.710. The Morgan fingerprint density at radius 2 is 2.21 bits per heavy atom. The van der Waals surface area contributed by atoms with Crippen LogP contribution >= 0.6 is 11.3 Å². The lowest BCUT2D eigenvalue weighted by molar-refractivity contribution is 0.0135. The monoisotopic (exact) mass is 399 g/mol. The molecule has 1 atom stereocenters. The van der Waals surface area contributed by atoms with Crippen molar-refractivity contribution in [3.05, 3.63) is 63.9 Å². The average Bonchev–Trinajstić information content (AvgIpc) is 3.38. The normalized spacial score (nSPS) is 19.5. The number of aromatic nitrogens is 3. The summed E-state index contributed by atoms with van der Waals surface area (Å²) in [5.41, 5.74) is 1.60. The van der Waals surface area contributed by atoms with E-state index in [0.29, 0.717) is 25.1 Å². The highest BCUT2D eigenvalue weighted by molar-refractivity contribution is 7.08. The number of imidazole rings is 1. The fourth-order valence-corrected chi connectivity index (χ4v) is 5.07. The number of carbonyl (C=O) groups is 2. The van der Waals surface area contributed by atoms with Crippen molar-refractivity contribution in [3.8, 4) is 0 Å². The van der Waals surface area contributed by atoms with Gasteiger partial charge in [-0.1, -0.05) is 0 Å². The van der Waals surface area contributed by atoms with Gasteiger partial charge in [-0.2, -0.15) is 11.3 Å². The molecule has 2 aliphatic rings. The first-order chi connectivity index (χ1) is 13.5. The molecule has 1 spiro atoms. The number of amides is 2. The molecule has 0 saturated carbocycles. The van der Waals surface area contributed by atoms with Crippen molar-refractivity contribution in [2.45, 2.75) is 24.9 Å². The van der Waals surface area contributed by atoms with Crippen LogP contribution in [0.3, 0.4) is 0 Å². The van der Waals surface area contributed by atoms with Gasteiger partial charge in [0.1, 0.15) is 17.3 Å². The van der Waals surface area contributed by atoms with Crippen LogP contribution in [0.2, 0.25) is 0 Å². The van der Waals surface area contributed by atoms with Gasteiger partial charge in [-0.05, 0) is 17.9 Å². The van der Waals surface area contributed by atoms with Crippen molar-refractivity contribution in [3.63, 3.8) is 0 Å². The molecule has 1 saturated heterocycles. The molecular formula is C19H18FN5O2S. The Morgan fingerprint density at radius 3 is 2.89 bits per heavy atom. The maximum Gasteiger partial charge on any atom is 0.270 e. The van der Waals surface area contributed by atoms with Crippen LogP contribution in [0.25, 0.3) is 0 Å². The number of hydrogen-bond donors (Lipinski definition) is 2. The van der Waals surface area contributed by atoms with Crippen LogP contribution in [0.4, 0.5) is 4.39 Å². The van der Waals surface area contributed by atoms with E-state index in [4.69, 9.17) is 0 Å². The van der Waals surface area contributed by atoms with Crippen LogP contribution in [-0.2, 0) is 5.54 Å². The fraction of sp³-hybridized carbons (Fsp3) is 0.316. The smallest absolute Gasteiger partial charge is 0.270 e. The maximum absolute atomic E-state index is 13.2. The molecule has 3 aromatic rings. The summed E-state index contributed by atoms with van der Waals surface area (Å²) in [6.07, 6.45) is 5.46. The molecule has 28 heavy (non-hydrogen) atoms. The lowest BCUT2D eigenvalue weighted by atomic mass is 9.85. The van der Waals surface area contributed by atoms with E-state index in [2.05, 4.69) is 19.9 Å². The lowest BCUT2D eigenvalue weighted by Gasteiger charge is -2.48. The third kappa shape index (κ3) is 2.50. The predicted molar refractivity (Wildman–Crippen MR) is 101 cm³/mol. The molecular weight excluding hydrogens is 381 g/mol. The Labute approximate surface area is 164 Å². The van der Waals surface area contributed by atoms with Gasteiger partial charge in [-0.25, -0.2) is 9.37 Å². The molecule has 144 valence electrons. The number of aromatic amines is 1. The number of fused-ring (bicyclic) bond motifs is 2. The number of carbonyl (C=O) groups excluding carboxylic acids is 2. The zero-order valence-electron chi connectivity index (χ0n) is 15.1. The number of halogens is 1. The van der Waals surface area contributed by atoms with Gasteiger partial charge in [-0.15, -0.1) is 0 Å². The zero-order valence-corrected chi connectivity index (χ0v) is 15.9. The standard InChI is InChI=1S/C19H18FN5O2S/c1-11-7-28-8-13(11)17(26)23-15-5-19(25-3-2-21-16(15)25)9-24(10-19)18(27)14-4-12(20)6-22-14/h2-4,6-8,15,22H,5,9-10H2,1H3,(H,23,26). The van der Waals surface area contributed by atoms with E-state index < -0.39 is 5.82 Å². The molecule has 0 aliphatic carbocycles. The van der Waals surface area contributed by atoms with Gasteiger partial charge >= 0.3 is 0 Å². The van der Waals surface area contributed by atoms with E-state index in [0.717, 1.165) is 11.4 Å². The molecule has 2 amide bonds. The number of thiophene rings is 1. The summed E-state index contributed by atoms with van der Waals surface area (Å²) in [5.74, 6) is 0.0177. The second-order valence-corrected chi connectivity index (χ2v) is 8.21. The van der Waals surface area contributed by atoms with Crippen molar-refractivity contribution in [2.24, 2.45) is 0 Å². The number of likely N-dealkylation sites (tertiary alicyclic amines) is 1. The second-order valence-electron chi connectivity index (χ2n) is 7.47. The summed E-state index contributed by atoms with van der Waals surface area (Å²) in [5, 5.41) is 6.89. The van der Waals surface area contributed by atoms with Crippen LogP contribution in [0, 0.1) is 12.7 Å². The van der Waals surface area contributed by atoms with Crippen molar-refractivity contribution in [1.82, 2.24) is 24.8 Å². The SMILES string of the molecule is Cc1cscc1C(=O)NC1CC2(CN(C(=O)c3cc(F)c[nH]3)C2)n2ccnc21. The minimum atomic E-state index is -0.456. The van der Waals surface area contributed by atoms with Crippen LogP contribution in [0.1, 0.15) is 44.7 Å². The lowest BCUT2D eigenvalue weighted by Crippen LogP contribution is -2.63. The molecule has 0 radical (unpaired) electrons. The van der Waals surface area contributed by atoms with Gasteiger partial charge in [0.25, 0.3) is 11.8 Å². The Hall–Kier alpha value is -2.94. The largest absolute Gasteiger partial charge is 0.355 e. The van der Waals surface area contributed by atoms with Gasteiger partial charge in [0.15, 0.2) is 0 Å². The summed E-state index contributed by atoms with van der Waals surface area (Å²) < 4.78 is 15.3. The van der Waals surface area contributed by atoms with Crippen LogP contribution in [0.5, 0.6) is 0 Å². The van der Waals surface area contributed by atoms with E-state index in [-0.39, 0.29) is 29.1 Å². The first-order valence-corrected chi connectivity index (χ1v) is 9.92. The highest BCUT2D eigenvalue weighted by Gasteiger charge is 2.54. The van der Waals surface area contributed by atoms with E-state index in [1.807, 2.05) is 23.9 Å². The first kappa shape index (κ1) is 17.2. The topological polar surface area (TPSA) is 83.0 Å². The minimum absolute atomic E-state index is 0.107. The maximum atomic E-state index is 13.2. The van der Waals surface area contributed by atoms with Crippen molar-refractivity contribution < 1.29 is 14.0 Å². The second kappa shape index (κ2) is 6.03. The molecule has 9 heteroatoms. The summed E-state index contributed by atoms with van der Waals surface area (Å²) in [6.45, 7) is 2.92. The Bertz CT molecular complexity index is 1080. The van der Waals surface area contributed by atoms with Crippen LogP contribution < -0.4 is 5.32 Å². The highest BCUT2D eigenvalue weighted by Crippen LogP contribution is 2.44. The number of nitrogens with one attached hydrogen (secondary N) is 2. The van der Waals surface area contributed by atoms with Crippen molar-refractivity contribution in [2.75, 3.05) is 13.1 Å². The summed E-state index contributed by atoms with van der Waals surface area (Å²) in [6, 6.07) is 0.999. The number of aryl methyl sites for hydroxylation is 1. The van der Waals surface area contributed by atoms with Crippen LogP contribution in [0.15, 0.2) is 35.4 Å². The summed E-state index contributed by atoms with van der Waals surface area (Å²) >= 11 is 1.50.